The molecule has 98 valence electrons. The van der Waals surface area contributed by atoms with Gasteiger partial charge in [-0.3, -0.25) is 4.21 Å². The van der Waals surface area contributed by atoms with Crippen LogP contribution in [0.4, 0.5) is 0 Å². The van der Waals surface area contributed by atoms with Gasteiger partial charge in [-0.2, -0.15) is 0 Å². The maximum absolute atomic E-state index is 12.3. The minimum Gasteiger partial charge on any atom is -0.486 e. The molecule has 4 nitrogen and oxygen atoms in total. The number of nitrogens with one attached hydrogen (secondary N) is 1. The predicted octanol–water partition coefficient (Wildman–Crippen LogP) is 1.32. The van der Waals surface area contributed by atoms with Crippen LogP contribution in [0.15, 0.2) is 23.1 Å². The van der Waals surface area contributed by atoms with E-state index in [4.69, 9.17) is 9.47 Å². The van der Waals surface area contributed by atoms with Crippen molar-refractivity contribution in [3.05, 3.63) is 18.2 Å². The first-order chi connectivity index (χ1) is 8.83. The van der Waals surface area contributed by atoms with Crippen molar-refractivity contribution in [3.8, 4) is 11.5 Å². The molecule has 0 aromatic heterocycles. The van der Waals surface area contributed by atoms with Crippen LogP contribution in [0.25, 0.3) is 0 Å². The largest absolute Gasteiger partial charge is 0.486 e. The molecular weight excluding hydrogens is 250 g/mol. The first kappa shape index (κ1) is 12.0. The molecule has 1 saturated heterocycles. The van der Waals surface area contributed by atoms with Gasteiger partial charge in [0, 0.05) is 22.8 Å². The van der Waals surface area contributed by atoms with Crippen LogP contribution in [-0.2, 0) is 10.8 Å². The highest BCUT2D eigenvalue weighted by Gasteiger charge is 2.19. The molecule has 18 heavy (non-hydrogen) atoms. The Hall–Kier alpha value is -1.07. The van der Waals surface area contributed by atoms with Crippen molar-refractivity contribution in [2.24, 2.45) is 0 Å². The zero-order valence-corrected chi connectivity index (χ0v) is 11.0. The van der Waals surface area contributed by atoms with Crippen LogP contribution >= 0.6 is 0 Å². The predicted molar refractivity (Wildman–Crippen MR) is 69.7 cm³/mol. The van der Waals surface area contributed by atoms with Gasteiger partial charge in [-0.05, 0) is 31.5 Å². The lowest BCUT2D eigenvalue weighted by atomic mass is 10.3. The van der Waals surface area contributed by atoms with E-state index in [9.17, 15) is 4.21 Å². The van der Waals surface area contributed by atoms with Crippen molar-refractivity contribution in [2.45, 2.75) is 23.8 Å². The Morgan fingerprint density at radius 2 is 2.11 bits per heavy atom. The van der Waals surface area contributed by atoms with E-state index in [1.807, 2.05) is 18.2 Å². The molecule has 2 aliphatic rings. The summed E-state index contributed by atoms with van der Waals surface area (Å²) in [5.74, 6) is 2.15. The van der Waals surface area contributed by atoms with E-state index in [2.05, 4.69) is 5.32 Å². The second-order valence-corrected chi connectivity index (χ2v) is 6.11. The summed E-state index contributed by atoms with van der Waals surface area (Å²) in [5.41, 5.74) is 0. The highest BCUT2D eigenvalue weighted by molar-refractivity contribution is 7.85. The van der Waals surface area contributed by atoms with E-state index >= 15 is 0 Å². The van der Waals surface area contributed by atoms with Gasteiger partial charge in [0.1, 0.15) is 13.2 Å². The molecule has 1 N–H and O–H groups in total. The number of rotatable bonds is 3. The van der Waals surface area contributed by atoms with Gasteiger partial charge in [0.15, 0.2) is 11.5 Å². The standard InChI is InChI=1S/C13H17NO3S/c15-18(9-10-2-1-5-14-10)11-3-4-12-13(8-11)17-7-6-16-12/h3-4,8,10,14H,1-2,5-7,9H2. The lowest BCUT2D eigenvalue weighted by Gasteiger charge is -2.19. The quantitative estimate of drug-likeness (QED) is 0.897. The number of hydrogen-bond acceptors (Lipinski definition) is 4. The lowest BCUT2D eigenvalue weighted by molar-refractivity contribution is 0.171. The van der Waals surface area contributed by atoms with Crippen LogP contribution in [0.1, 0.15) is 12.8 Å². The number of hydrogen-bond donors (Lipinski definition) is 1. The Morgan fingerprint density at radius 1 is 1.28 bits per heavy atom. The fourth-order valence-corrected chi connectivity index (χ4v) is 3.64. The summed E-state index contributed by atoms with van der Waals surface area (Å²) in [6.07, 6.45) is 2.30. The molecule has 0 amide bonds. The van der Waals surface area contributed by atoms with E-state index in [1.165, 1.54) is 6.42 Å². The first-order valence-electron chi connectivity index (χ1n) is 6.34. The fraction of sp³-hybridized carbons (Fsp3) is 0.538. The van der Waals surface area contributed by atoms with Crippen LogP contribution in [0.3, 0.4) is 0 Å². The van der Waals surface area contributed by atoms with Crippen molar-refractivity contribution in [2.75, 3.05) is 25.5 Å². The Bertz CT molecular complexity index is 458. The van der Waals surface area contributed by atoms with E-state index in [-0.39, 0.29) is 0 Å². The SMILES string of the molecule is O=S(CC1CCCN1)c1ccc2c(c1)OCCO2. The second kappa shape index (κ2) is 5.28. The van der Waals surface area contributed by atoms with E-state index in [0.717, 1.165) is 23.6 Å². The highest BCUT2D eigenvalue weighted by Crippen LogP contribution is 2.32. The maximum atomic E-state index is 12.3. The summed E-state index contributed by atoms with van der Waals surface area (Å²) in [4.78, 5) is 0.827. The molecule has 1 aromatic carbocycles. The molecule has 3 rings (SSSR count). The summed E-state index contributed by atoms with van der Waals surface area (Å²) in [5, 5.41) is 3.37. The van der Waals surface area contributed by atoms with Gasteiger partial charge in [-0.15, -0.1) is 0 Å². The van der Waals surface area contributed by atoms with E-state index in [0.29, 0.717) is 30.8 Å². The third kappa shape index (κ3) is 2.52. The monoisotopic (exact) mass is 267 g/mol. The Morgan fingerprint density at radius 3 is 2.89 bits per heavy atom. The summed E-state index contributed by atoms with van der Waals surface area (Å²) >= 11 is 0. The van der Waals surface area contributed by atoms with Crippen molar-refractivity contribution in [1.82, 2.24) is 5.32 Å². The van der Waals surface area contributed by atoms with Gasteiger partial charge in [0.2, 0.25) is 0 Å². The average molecular weight is 267 g/mol. The number of ether oxygens (including phenoxy) is 2. The Balaban J connectivity index is 1.73. The molecule has 0 radical (unpaired) electrons. The van der Waals surface area contributed by atoms with E-state index < -0.39 is 10.8 Å². The normalized spacial score (nSPS) is 23.9. The van der Waals surface area contributed by atoms with Crippen LogP contribution < -0.4 is 14.8 Å². The molecule has 2 heterocycles. The van der Waals surface area contributed by atoms with E-state index in [1.54, 1.807) is 0 Å². The lowest BCUT2D eigenvalue weighted by Crippen LogP contribution is -2.27. The smallest absolute Gasteiger partial charge is 0.162 e. The van der Waals surface area contributed by atoms with Crippen LogP contribution in [0.5, 0.6) is 11.5 Å². The molecule has 0 spiro atoms. The fourth-order valence-electron chi connectivity index (χ4n) is 2.34. The Kier molecular flexibility index (Phi) is 3.52. The van der Waals surface area contributed by atoms with Gasteiger partial charge >= 0.3 is 0 Å². The van der Waals surface area contributed by atoms with Gasteiger partial charge in [-0.25, -0.2) is 0 Å². The van der Waals surface area contributed by atoms with Crippen molar-refractivity contribution in [3.63, 3.8) is 0 Å². The number of fused-ring (bicyclic) bond motifs is 1. The molecular formula is C13H17NO3S. The zero-order chi connectivity index (χ0) is 12.4. The van der Waals surface area contributed by atoms with Gasteiger partial charge in [0.05, 0.1) is 10.8 Å². The summed E-state index contributed by atoms with van der Waals surface area (Å²) in [6, 6.07) is 5.96. The maximum Gasteiger partial charge on any atom is 0.162 e. The van der Waals surface area contributed by atoms with Crippen LogP contribution in [-0.4, -0.2) is 35.8 Å². The van der Waals surface area contributed by atoms with Gasteiger partial charge in [0.25, 0.3) is 0 Å². The molecule has 0 aliphatic carbocycles. The Labute approximate surface area is 109 Å². The number of benzene rings is 1. The van der Waals surface area contributed by atoms with Gasteiger partial charge in [-0.1, -0.05) is 0 Å². The third-order valence-corrected chi connectivity index (χ3v) is 4.78. The summed E-state index contributed by atoms with van der Waals surface area (Å²) < 4.78 is 23.2. The molecule has 5 heteroatoms. The third-order valence-electron chi connectivity index (χ3n) is 3.29. The minimum atomic E-state index is -0.969. The zero-order valence-electron chi connectivity index (χ0n) is 10.2. The molecule has 2 unspecified atom stereocenters. The van der Waals surface area contributed by atoms with Crippen molar-refractivity contribution in [1.29, 1.82) is 0 Å². The minimum absolute atomic E-state index is 0.388. The molecule has 2 aliphatic heterocycles. The second-order valence-electron chi connectivity index (χ2n) is 4.61. The van der Waals surface area contributed by atoms with Crippen LogP contribution in [0, 0.1) is 0 Å². The molecule has 1 aromatic rings. The summed E-state index contributed by atoms with van der Waals surface area (Å²) in [7, 11) is -0.969. The van der Waals surface area contributed by atoms with Crippen molar-refractivity contribution < 1.29 is 13.7 Å². The average Bonchev–Trinajstić information content (AvgIpc) is 2.91. The molecule has 2 atom stereocenters. The summed E-state index contributed by atoms with van der Waals surface area (Å²) in [6.45, 7) is 2.19. The topological polar surface area (TPSA) is 47.6 Å². The molecule has 1 fully saturated rings. The molecule has 0 saturated carbocycles. The van der Waals surface area contributed by atoms with Crippen molar-refractivity contribution >= 4 is 10.8 Å². The highest BCUT2D eigenvalue weighted by atomic mass is 32.2. The molecule has 0 bridgehead atoms. The first-order valence-corrected chi connectivity index (χ1v) is 7.66. The van der Waals surface area contributed by atoms with Crippen LogP contribution in [0.2, 0.25) is 0 Å². The van der Waals surface area contributed by atoms with Gasteiger partial charge < -0.3 is 14.8 Å².